The zero-order valence-electron chi connectivity index (χ0n) is 19.8. The molecule has 36 heavy (non-hydrogen) atoms. The number of rotatable bonds is 7. The number of hydrogen-bond acceptors (Lipinski definition) is 3. The molecule has 1 fully saturated rings. The fourth-order valence-corrected chi connectivity index (χ4v) is 4.54. The minimum absolute atomic E-state index is 0.0482. The van der Waals surface area contributed by atoms with Crippen molar-refractivity contribution in [2.45, 2.75) is 38.3 Å². The maximum Gasteiger partial charge on any atom is 0.417 e. The number of carbonyl (C=O) groups is 1. The molecule has 0 aliphatic carbocycles. The normalized spacial score (nSPS) is 14.6. The van der Waals surface area contributed by atoms with E-state index in [2.05, 4.69) is 4.90 Å². The van der Waals surface area contributed by atoms with Crippen molar-refractivity contribution in [2.75, 3.05) is 24.5 Å². The van der Waals surface area contributed by atoms with Crippen molar-refractivity contribution in [2.24, 2.45) is 0 Å². The number of aromatic hydroxyl groups is 1. The third-order valence-electron chi connectivity index (χ3n) is 6.41. The van der Waals surface area contributed by atoms with Gasteiger partial charge in [-0.2, -0.15) is 13.2 Å². The van der Waals surface area contributed by atoms with Crippen LogP contribution in [0, 0.1) is 5.82 Å². The first-order valence-corrected chi connectivity index (χ1v) is 12.0. The standard InChI is InChI=1S/C28H28F4N2O2/c29-21-8-15-25(26(19-21)28(30,31)32)27(36)34(23-11-13-24(35)14-12-23)22-9-6-20(7-10-22)5-4-18-33-16-2-1-3-17-33/h6-15,19,35H,1-5,16-18H2. The fraction of sp³-hybridized carbons (Fsp3) is 0.321. The summed E-state index contributed by atoms with van der Waals surface area (Å²) in [7, 11) is 0. The molecule has 0 saturated carbocycles. The van der Waals surface area contributed by atoms with Crippen LogP contribution in [0.1, 0.15) is 47.2 Å². The average Bonchev–Trinajstić information content (AvgIpc) is 2.86. The molecule has 0 aromatic heterocycles. The highest BCUT2D eigenvalue weighted by molar-refractivity contribution is 6.11. The number of likely N-dealkylation sites (tertiary alicyclic amines) is 1. The van der Waals surface area contributed by atoms with E-state index in [4.69, 9.17) is 0 Å². The number of piperidine rings is 1. The molecule has 0 unspecified atom stereocenters. The van der Waals surface area contributed by atoms with E-state index in [9.17, 15) is 27.5 Å². The van der Waals surface area contributed by atoms with E-state index >= 15 is 0 Å². The van der Waals surface area contributed by atoms with E-state index in [1.54, 1.807) is 12.1 Å². The summed E-state index contributed by atoms with van der Waals surface area (Å²) in [4.78, 5) is 17.1. The van der Waals surface area contributed by atoms with Crippen molar-refractivity contribution in [1.29, 1.82) is 0 Å². The van der Waals surface area contributed by atoms with Gasteiger partial charge in [0.2, 0.25) is 0 Å². The lowest BCUT2D eigenvalue weighted by Crippen LogP contribution is -2.30. The van der Waals surface area contributed by atoms with Gasteiger partial charge in [-0.3, -0.25) is 9.69 Å². The Morgan fingerprint density at radius 3 is 2.11 bits per heavy atom. The Labute approximate surface area is 207 Å². The van der Waals surface area contributed by atoms with Gasteiger partial charge in [-0.25, -0.2) is 4.39 Å². The first-order chi connectivity index (χ1) is 17.2. The first kappa shape index (κ1) is 25.7. The van der Waals surface area contributed by atoms with Crippen molar-refractivity contribution in [3.8, 4) is 5.75 Å². The molecule has 1 amide bonds. The Morgan fingerprint density at radius 1 is 0.889 bits per heavy atom. The van der Waals surface area contributed by atoms with Crippen LogP contribution in [0.2, 0.25) is 0 Å². The summed E-state index contributed by atoms with van der Waals surface area (Å²) in [6.45, 7) is 3.28. The molecule has 1 saturated heterocycles. The van der Waals surface area contributed by atoms with Crippen LogP contribution in [0.5, 0.6) is 5.75 Å². The largest absolute Gasteiger partial charge is 0.508 e. The Morgan fingerprint density at radius 2 is 1.50 bits per heavy atom. The summed E-state index contributed by atoms with van der Waals surface area (Å²) in [6.07, 6.45) is 0.687. The number of alkyl halides is 3. The third-order valence-corrected chi connectivity index (χ3v) is 6.41. The molecular weight excluding hydrogens is 472 g/mol. The second kappa shape index (κ2) is 11.1. The lowest BCUT2D eigenvalue weighted by molar-refractivity contribution is -0.138. The molecule has 3 aromatic rings. The Balaban J connectivity index is 1.60. The SMILES string of the molecule is O=C(c1ccc(F)cc1C(F)(F)F)N(c1ccc(O)cc1)c1ccc(CCCN2CCCCC2)cc1. The molecule has 1 N–H and O–H groups in total. The van der Waals surface area contributed by atoms with Gasteiger partial charge in [0, 0.05) is 11.4 Å². The average molecular weight is 501 g/mol. The number of nitrogens with zero attached hydrogens (tertiary/aromatic N) is 2. The van der Waals surface area contributed by atoms with Gasteiger partial charge in [0.1, 0.15) is 11.6 Å². The molecular formula is C28H28F4N2O2. The van der Waals surface area contributed by atoms with Crippen LogP contribution in [0.25, 0.3) is 0 Å². The second-order valence-electron chi connectivity index (χ2n) is 9.02. The predicted molar refractivity (Wildman–Crippen MR) is 131 cm³/mol. The highest BCUT2D eigenvalue weighted by Gasteiger charge is 2.37. The van der Waals surface area contributed by atoms with E-state index in [1.807, 2.05) is 12.1 Å². The molecule has 0 spiro atoms. The smallest absolute Gasteiger partial charge is 0.417 e. The summed E-state index contributed by atoms with van der Waals surface area (Å²) in [5, 5.41) is 9.66. The number of halogens is 4. The predicted octanol–water partition coefficient (Wildman–Crippen LogP) is 6.95. The highest BCUT2D eigenvalue weighted by Crippen LogP contribution is 2.36. The van der Waals surface area contributed by atoms with Gasteiger partial charge in [0.05, 0.1) is 11.1 Å². The van der Waals surface area contributed by atoms with Crippen LogP contribution in [0.15, 0.2) is 66.7 Å². The van der Waals surface area contributed by atoms with Crippen LogP contribution in [0.4, 0.5) is 28.9 Å². The van der Waals surface area contributed by atoms with E-state index in [0.29, 0.717) is 11.8 Å². The van der Waals surface area contributed by atoms with Crippen LogP contribution in [-0.4, -0.2) is 35.5 Å². The van der Waals surface area contributed by atoms with Crippen molar-refractivity contribution >= 4 is 17.3 Å². The Kier molecular flexibility index (Phi) is 7.94. The molecule has 4 rings (SSSR count). The summed E-state index contributed by atoms with van der Waals surface area (Å²) >= 11 is 0. The molecule has 4 nitrogen and oxygen atoms in total. The van der Waals surface area contributed by atoms with Gasteiger partial charge in [-0.1, -0.05) is 18.6 Å². The van der Waals surface area contributed by atoms with Crippen LogP contribution >= 0.6 is 0 Å². The number of carbonyl (C=O) groups excluding carboxylic acids is 1. The lowest BCUT2D eigenvalue weighted by atomic mass is 10.0. The number of aryl methyl sites for hydroxylation is 1. The van der Waals surface area contributed by atoms with Gasteiger partial charge in [0.25, 0.3) is 5.91 Å². The van der Waals surface area contributed by atoms with E-state index in [-0.39, 0.29) is 11.4 Å². The van der Waals surface area contributed by atoms with E-state index in [0.717, 1.165) is 55.1 Å². The van der Waals surface area contributed by atoms with Crippen LogP contribution in [0.3, 0.4) is 0 Å². The van der Waals surface area contributed by atoms with E-state index < -0.39 is 29.0 Å². The molecule has 8 heteroatoms. The number of phenols is 1. The zero-order chi connectivity index (χ0) is 25.7. The number of hydrogen-bond donors (Lipinski definition) is 1. The Bertz CT molecular complexity index is 1170. The van der Waals surface area contributed by atoms with Crippen molar-refractivity contribution < 1.29 is 27.5 Å². The fourth-order valence-electron chi connectivity index (χ4n) is 4.54. The minimum atomic E-state index is -4.91. The second-order valence-corrected chi connectivity index (χ2v) is 9.02. The summed E-state index contributed by atoms with van der Waals surface area (Å²) in [5.74, 6) is -2.08. The molecule has 1 aliphatic heterocycles. The number of amides is 1. The molecule has 190 valence electrons. The molecule has 3 aromatic carbocycles. The quantitative estimate of drug-likeness (QED) is 0.357. The van der Waals surface area contributed by atoms with Gasteiger partial charge in [-0.05, 0) is 105 Å². The van der Waals surface area contributed by atoms with Gasteiger partial charge in [-0.15, -0.1) is 0 Å². The maximum atomic E-state index is 13.6. The monoisotopic (exact) mass is 500 g/mol. The summed E-state index contributed by atoms with van der Waals surface area (Å²) in [5.41, 5.74) is -0.309. The lowest BCUT2D eigenvalue weighted by Gasteiger charge is -2.26. The number of benzene rings is 3. The highest BCUT2D eigenvalue weighted by atomic mass is 19.4. The zero-order valence-corrected chi connectivity index (χ0v) is 19.8. The van der Waals surface area contributed by atoms with Crippen LogP contribution in [-0.2, 0) is 12.6 Å². The van der Waals surface area contributed by atoms with Crippen molar-refractivity contribution in [3.05, 3.63) is 89.2 Å². The molecule has 1 heterocycles. The molecule has 1 aliphatic rings. The summed E-state index contributed by atoms with van der Waals surface area (Å²) in [6, 6.07) is 14.7. The summed E-state index contributed by atoms with van der Waals surface area (Å²) < 4.78 is 54.6. The number of phenolic OH excluding ortho intramolecular Hbond substituents is 1. The van der Waals surface area contributed by atoms with Gasteiger partial charge >= 0.3 is 6.18 Å². The first-order valence-electron chi connectivity index (χ1n) is 12.0. The maximum absolute atomic E-state index is 13.6. The van der Waals surface area contributed by atoms with Gasteiger partial charge < -0.3 is 10.0 Å². The van der Waals surface area contributed by atoms with Crippen molar-refractivity contribution in [3.63, 3.8) is 0 Å². The van der Waals surface area contributed by atoms with Gasteiger partial charge in [0.15, 0.2) is 0 Å². The molecule has 0 radical (unpaired) electrons. The van der Waals surface area contributed by atoms with E-state index in [1.165, 1.54) is 43.5 Å². The number of anilines is 2. The van der Waals surface area contributed by atoms with Crippen molar-refractivity contribution in [1.82, 2.24) is 4.90 Å². The molecule has 0 bridgehead atoms. The minimum Gasteiger partial charge on any atom is -0.508 e. The Hall–Kier alpha value is -3.39. The third kappa shape index (κ3) is 6.23. The topological polar surface area (TPSA) is 43.8 Å². The molecule has 0 atom stereocenters. The van der Waals surface area contributed by atoms with Crippen LogP contribution < -0.4 is 4.90 Å².